The van der Waals surface area contributed by atoms with Gasteiger partial charge in [0.15, 0.2) is 0 Å². The van der Waals surface area contributed by atoms with E-state index in [1.54, 1.807) is 11.8 Å². The maximum absolute atomic E-state index is 2.90. The molecule has 0 spiro atoms. The van der Waals surface area contributed by atoms with E-state index >= 15 is 0 Å². The molecule has 0 amide bonds. The molecule has 2 N–H and O–H groups in total. The van der Waals surface area contributed by atoms with Gasteiger partial charge in [0.1, 0.15) is 5.50 Å². The molecule has 5 heavy (non-hydrogen) atoms. The quantitative estimate of drug-likeness (QED) is 0.436. The summed E-state index contributed by atoms with van der Waals surface area (Å²) < 4.78 is 0. The fourth-order valence-electron chi connectivity index (χ4n) is 0.152. The predicted octanol–water partition coefficient (Wildman–Crippen LogP) is -0.259. The van der Waals surface area contributed by atoms with Crippen molar-refractivity contribution in [3.05, 3.63) is 0 Å². The van der Waals surface area contributed by atoms with Gasteiger partial charge in [-0.3, -0.25) is 0 Å². The molecule has 3 heteroatoms. The van der Waals surface area contributed by atoms with E-state index in [9.17, 15) is 0 Å². The molecule has 0 aliphatic carbocycles. The summed E-state index contributed by atoms with van der Waals surface area (Å²) in [6.45, 7) is 0. The third-order valence-corrected chi connectivity index (χ3v) is 1.20. The Bertz CT molecular complexity index is 34.6. The summed E-state index contributed by atoms with van der Waals surface area (Å²) in [5.41, 5.74) is 6.34. The second-order valence-electron chi connectivity index (χ2n) is 0.904. The van der Waals surface area contributed by atoms with Crippen molar-refractivity contribution in [2.45, 2.75) is 5.50 Å². The molecule has 30 valence electrons. The van der Waals surface area contributed by atoms with Gasteiger partial charge in [-0.2, -0.15) is 0 Å². The highest BCUT2D eigenvalue weighted by Crippen LogP contribution is 2.03. The van der Waals surface area contributed by atoms with Crippen LogP contribution in [0.5, 0.6) is 0 Å². The number of hydrazine groups is 1. The minimum atomic E-state index is 0.551. The summed E-state index contributed by atoms with van der Waals surface area (Å²) >= 11 is 1.77. The van der Waals surface area contributed by atoms with Crippen molar-refractivity contribution >= 4 is 11.8 Å². The highest BCUT2D eigenvalue weighted by molar-refractivity contribution is 7.99. The van der Waals surface area contributed by atoms with Crippen molar-refractivity contribution in [2.24, 2.45) is 0 Å². The van der Waals surface area contributed by atoms with Crippen molar-refractivity contribution in [2.75, 3.05) is 6.26 Å². The van der Waals surface area contributed by atoms with Crippen LogP contribution in [0.25, 0.3) is 0 Å². The van der Waals surface area contributed by atoms with Gasteiger partial charge in [0.2, 0.25) is 0 Å². The first kappa shape index (κ1) is 3.46. The van der Waals surface area contributed by atoms with Crippen molar-refractivity contribution < 1.29 is 0 Å². The molecule has 1 fully saturated rings. The zero-order valence-electron chi connectivity index (χ0n) is 2.99. The zero-order valence-corrected chi connectivity index (χ0v) is 3.80. The summed E-state index contributed by atoms with van der Waals surface area (Å²) in [6, 6.07) is 0. The van der Waals surface area contributed by atoms with Crippen LogP contribution in [-0.4, -0.2) is 11.8 Å². The van der Waals surface area contributed by atoms with E-state index in [1.165, 1.54) is 0 Å². The van der Waals surface area contributed by atoms with E-state index in [0.29, 0.717) is 5.50 Å². The molecule has 2 nitrogen and oxygen atoms in total. The molecule has 1 rings (SSSR count). The number of hydrogen-bond donors (Lipinski definition) is 2. The van der Waals surface area contributed by atoms with E-state index in [1.807, 2.05) is 0 Å². The molecular weight excluding hydrogens is 84.1 g/mol. The molecule has 0 unspecified atom stereocenters. The van der Waals surface area contributed by atoms with E-state index < -0.39 is 0 Å². The Hall–Kier alpha value is 0.270. The van der Waals surface area contributed by atoms with Gasteiger partial charge in [0.25, 0.3) is 0 Å². The average molecular weight is 90.2 g/mol. The zero-order chi connectivity index (χ0) is 3.70. The maximum atomic E-state index is 2.90. The Kier molecular flexibility index (Phi) is 0.804. The minimum Gasteiger partial charge on any atom is -0.228 e. The Balaban J connectivity index is 2.00. The van der Waals surface area contributed by atoms with E-state index in [4.69, 9.17) is 0 Å². The first-order valence-corrected chi connectivity index (χ1v) is 2.76. The van der Waals surface area contributed by atoms with Crippen molar-refractivity contribution in [3.8, 4) is 0 Å². The lowest BCUT2D eigenvalue weighted by molar-refractivity contribution is 1.17. The largest absolute Gasteiger partial charge is 0.228 e. The van der Waals surface area contributed by atoms with Crippen LogP contribution in [0.2, 0.25) is 0 Å². The fourth-order valence-corrected chi connectivity index (χ4v) is 0.456. The van der Waals surface area contributed by atoms with Gasteiger partial charge in [-0.25, -0.2) is 10.9 Å². The van der Waals surface area contributed by atoms with Crippen LogP contribution in [0, 0.1) is 0 Å². The molecule has 0 radical (unpaired) electrons. The first-order valence-electron chi connectivity index (χ1n) is 1.47. The number of nitrogens with one attached hydrogen (secondary N) is 2. The summed E-state index contributed by atoms with van der Waals surface area (Å²) in [4.78, 5) is 0. The van der Waals surface area contributed by atoms with Crippen LogP contribution in [0.4, 0.5) is 0 Å². The Labute approximate surface area is 35.3 Å². The lowest BCUT2D eigenvalue weighted by Gasteiger charge is -1.70. The Morgan fingerprint density at radius 2 is 2.20 bits per heavy atom. The SMILES string of the molecule is CSC1NN1. The lowest BCUT2D eigenvalue weighted by Crippen LogP contribution is -1.75. The van der Waals surface area contributed by atoms with Crippen LogP contribution in [0.3, 0.4) is 0 Å². The molecule has 0 bridgehead atoms. The summed E-state index contributed by atoms with van der Waals surface area (Å²) in [5.74, 6) is 0. The number of thioether (sulfide) groups is 1. The van der Waals surface area contributed by atoms with Crippen molar-refractivity contribution in [1.29, 1.82) is 0 Å². The van der Waals surface area contributed by atoms with Crippen LogP contribution in [0.15, 0.2) is 0 Å². The molecule has 1 aliphatic heterocycles. The monoisotopic (exact) mass is 90.0 g/mol. The van der Waals surface area contributed by atoms with Crippen molar-refractivity contribution in [3.63, 3.8) is 0 Å². The molecule has 0 aromatic heterocycles. The first-order chi connectivity index (χ1) is 2.43. The lowest BCUT2D eigenvalue weighted by atomic mass is 11.4. The second-order valence-corrected chi connectivity index (χ2v) is 1.85. The molecular formula is C2H6N2S. The van der Waals surface area contributed by atoms with Gasteiger partial charge in [0.05, 0.1) is 0 Å². The van der Waals surface area contributed by atoms with Gasteiger partial charge < -0.3 is 0 Å². The van der Waals surface area contributed by atoms with Crippen LogP contribution >= 0.6 is 11.8 Å². The smallest absolute Gasteiger partial charge is 0.130 e. The third kappa shape index (κ3) is 0.792. The molecule has 0 saturated carbocycles. The van der Waals surface area contributed by atoms with E-state index in [0.717, 1.165) is 0 Å². The highest BCUT2D eigenvalue weighted by Gasteiger charge is 2.14. The molecule has 1 aliphatic rings. The van der Waals surface area contributed by atoms with Gasteiger partial charge >= 0.3 is 0 Å². The highest BCUT2D eigenvalue weighted by atomic mass is 32.2. The molecule has 0 aromatic carbocycles. The normalized spacial score (nSPS) is 23.4. The standard InChI is InChI=1S/C2H6N2S/c1-5-2-3-4-2/h2-4H,1H3. The van der Waals surface area contributed by atoms with Crippen LogP contribution in [-0.2, 0) is 0 Å². The van der Waals surface area contributed by atoms with Crippen molar-refractivity contribution in [1.82, 2.24) is 10.9 Å². The molecule has 1 saturated heterocycles. The van der Waals surface area contributed by atoms with Gasteiger partial charge in [0, 0.05) is 0 Å². The van der Waals surface area contributed by atoms with Crippen LogP contribution < -0.4 is 10.9 Å². The number of rotatable bonds is 1. The van der Waals surface area contributed by atoms with Crippen LogP contribution in [0.1, 0.15) is 0 Å². The minimum absolute atomic E-state index is 0.551. The van der Waals surface area contributed by atoms with Gasteiger partial charge in [-0.1, -0.05) is 0 Å². The predicted molar refractivity (Wildman–Crippen MR) is 23.6 cm³/mol. The second kappa shape index (κ2) is 1.16. The molecule has 0 aromatic rings. The Morgan fingerprint density at radius 1 is 1.60 bits per heavy atom. The van der Waals surface area contributed by atoms with Gasteiger partial charge in [-0.05, 0) is 6.26 Å². The maximum Gasteiger partial charge on any atom is 0.130 e. The average Bonchev–Trinajstić information content (AvgIpc) is 2.12. The van der Waals surface area contributed by atoms with Gasteiger partial charge in [-0.15, -0.1) is 11.8 Å². The van der Waals surface area contributed by atoms with E-state index in [2.05, 4.69) is 17.1 Å². The molecule has 0 atom stereocenters. The third-order valence-electron chi connectivity index (χ3n) is 0.498. The summed E-state index contributed by atoms with van der Waals surface area (Å²) in [5, 5.41) is 0. The topological polar surface area (TPSA) is 43.9 Å². The molecule has 1 heterocycles. The summed E-state index contributed by atoms with van der Waals surface area (Å²) in [7, 11) is 0. The fraction of sp³-hybridized carbons (Fsp3) is 1.00. The van der Waals surface area contributed by atoms with E-state index in [-0.39, 0.29) is 0 Å². The number of hydrogen-bond acceptors (Lipinski definition) is 3. The summed E-state index contributed by atoms with van der Waals surface area (Å²) in [6.07, 6.45) is 2.05. The Morgan fingerprint density at radius 3 is 2.20 bits per heavy atom.